The molecule has 0 aliphatic rings. The number of hydrogen-bond acceptors (Lipinski definition) is 2. The number of nitrogens with one attached hydrogen (secondary N) is 1. The summed E-state index contributed by atoms with van der Waals surface area (Å²) in [5.41, 5.74) is 0.949. The Hall–Kier alpha value is -1.19. The molecular weight excluding hydrogens is 233 g/mol. The van der Waals surface area contributed by atoms with E-state index >= 15 is 0 Å². The van der Waals surface area contributed by atoms with Gasteiger partial charge in [0.05, 0.1) is 0 Å². The summed E-state index contributed by atoms with van der Waals surface area (Å²) in [6.45, 7) is 5.19. The van der Waals surface area contributed by atoms with Gasteiger partial charge in [0.2, 0.25) is 0 Å². The summed E-state index contributed by atoms with van der Waals surface area (Å²) in [6.07, 6.45) is 0. The first kappa shape index (κ1) is 12.3. The van der Waals surface area contributed by atoms with Crippen LogP contribution in [0.2, 0.25) is 0 Å². The van der Waals surface area contributed by atoms with Crippen molar-refractivity contribution in [1.29, 1.82) is 0 Å². The molecule has 1 N–H and O–H groups in total. The summed E-state index contributed by atoms with van der Waals surface area (Å²) in [6, 6.07) is 11.3. The van der Waals surface area contributed by atoms with Gasteiger partial charge < -0.3 is 5.32 Å². The predicted octanol–water partition coefficient (Wildman–Crippen LogP) is 4.22. The molecule has 0 saturated heterocycles. The number of benzene rings is 1. The Morgan fingerprint density at radius 1 is 1.29 bits per heavy atom. The highest BCUT2D eigenvalue weighted by molar-refractivity contribution is 7.15. The smallest absolute Gasteiger partial charge is 0.123 e. The molecule has 90 valence electrons. The fourth-order valence-corrected chi connectivity index (χ4v) is 2.82. The Bertz CT molecular complexity index is 492. The van der Waals surface area contributed by atoms with Gasteiger partial charge in [0.25, 0.3) is 0 Å². The standard InChI is InChI=1S/C14H16FNS/c1-3-16-10(2)13-7-8-14(17-13)11-5-4-6-12(15)9-11/h4-10,16H,3H2,1-2H3. The quantitative estimate of drug-likeness (QED) is 0.855. The fraction of sp³-hybridized carbons (Fsp3) is 0.286. The molecular formula is C14H16FNS. The van der Waals surface area contributed by atoms with E-state index in [2.05, 4.69) is 31.3 Å². The summed E-state index contributed by atoms with van der Waals surface area (Å²) in [7, 11) is 0. The predicted molar refractivity (Wildman–Crippen MR) is 71.8 cm³/mol. The minimum atomic E-state index is -0.183. The summed E-state index contributed by atoms with van der Waals surface area (Å²) < 4.78 is 13.1. The van der Waals surface area contributed by atoms with E-state index < -0.39 is 0 Å². The van der Waals surface area contributed by atoms with Gasteiger partial charge in [-0.1, -0.05) is 19.1 Å². The maximum absolute atomic E-state index is 13.1. The van der Waals surface area contributed by atoms with Gasteiger partial charge in [-0.25, -0.2) is 4.39 Å². The van der Waals surface area contributed by atoms with Gasteiger partial charge in [-0.05, 0) is 43.3 Å². The molecule has 1 aromatic heterocycles. The summed E-state index contributed by atoms with van der Waals surface area (Å²) in [4.78, 5) is 2.40. The Morgan fingerprint density at radius 2 is 2.12 bits per heavy atom. The number of thiophene rings is 1. The van der Waals surface area contributed by atoms with Crippen LogP contribution in [0.4, 0.5) is 4.39 Å². The molecule has 0 aliphatic heterocycles. The van der Waals surface area contributed by atoms with Crippen molar-refractivity contribution >= 4 is 11.3 Å². The zero-order chi connectivity index (χ0) is 12.3. The summed E-state index contributed by atoms with van der Waals surface area (Å²) >= 11 is 1.71. The van der Waals surface area contributed by atoms with E-state index in [4.69, 9.17) is 0 Å². The molecule has 1 nitrogen and oxygen atoms in total. The molecule has 3 heteroatoms. The van der Waals surface area contributed by atoms with Crippen LogP contribution in [0.3, 0.4) is 0 Å². The minimum absolute atomic E-state index is 0.183. The molecule has 0 radical (unpaired) electrons. The lowest BCUT2D eigenvalue weighted by molar-refractivity contribution is 0.607. The van der Waals surface area contributed by atoms with E-state index in [-0.39, 0.29) is 5.82 Å². The maximum atomic E-state index is 13.1. The topological polar surface area (TPSA) is 12.0 Å². The molecule has 17 heavy (non-hydrogen) atoms. The van der Waals surface area contributed by atoms with E-state index in [0.717, 1.165) is 17.0 Å². The van der Waals surface area contributed by atoms with Crippen LogP contribution in [0.1, 0.15) is 24.8 Å². The highest BCUT2D eigenvalue weighted by Gasteiger charge is 2.08. The molecule has 0 saturated carbocycles. The van der Waals surface area contributed by atoms with E-state index in [1.165, 1.54) is 10.9 Å². The van der Waals surface area contributed by atoms with Gasteiger partial charge in [-0.15, -0.1) is 11.3 Å². The first-order chi connectivity index (χ1) is 8.20. The van der Waals surface area contributed by atoms with Crippen molar-refractivity contribution in [2.24, 2.45) is 0 Å². The van der Waals surface area contributed by atoms with Crippen LogP contribution < -0.4 is 5.32 Å². The molecule has 2 rings (SSSR count). The first-order valence-corrected chi connectivity index (χ1v) is 6.61. The Balaban J connectivity index is 2.23. The minimum Gasteiger partial charge on any atom is -0.310 e. The largest absolute Gasteiger partial charge is 0.310 e. The van der Waals surface area contributed by atoms with E-state index in [1.807, 2.05) is 6.07 Å². The van der Waals surface area contributed by atoms with Gasteiger partial charge in [0.1, 0.15) is 5.82 Å². The van der Waals surface area contributed by atoms with Crippen molar-refractivity contribution in [3.63, 3.8) is 0 Å². The van der Waals surface area contributed by atoms with Crippen molar-refractivity contribution in [3.8, 4) is 10.4 Å². The van der Waals surface area contributed by atoms with E-state index in [9.17, 15) is 4.39 Å². The molecule has 0 amide bonds. The van der Waals surface area contributed by atoms with Gasteiger partial charge in [0, 0.05) is 15.8 Å². The van der Waals surface area contributed by atoms with E-state index in [0.29, 0.717) is 6.04 Å². The van der Waals surface area contributed by atoms with Gasteiger partial charge >= 0.3 is 0 Å². The summed E-state index contributed by atoms with van der Waals surface area (Å²) in [5, 5.41) is 3.37. The van der Waals surface area contributed by atoms with Crippen LogP contribution in [0.5, 0.6) is 0 Å². The molecule has 2 aromatic rings. The molecule has 0 bridgehead atoms. The molecule has 0 spiro atoms. The van der Waals surface area contributed by atoms with Crippen LogP contribution in [0, 0.1) is 5.82 Å². The van der Waals surface area contributed by atoms with Crippen LogP contribution in [-0.4, -0.2) is 6.54 Å². The van der Waals surface area contributed by atoms with Gasteiger partial charge in [-0.2, -0.15) is 0 Å². The lowest BCUT2D eigenvalue weighted by Gasteiger charge is -2.08. The molecule has 1 aromatic carbocycles. The zero-order valence-corrected chi connectivity index (χ0v) is 10.9. The fourth-order valence-electron chi connectivity index (χ4n) is 1.79. The third-order valence-electron chi connectivity index (χ3n) is 2.67. The summed E-state index contributed by atoms with van der Waals surface area (Å²) in [5.74, 6) is -0.183. The average Bonchev–Trinajstić information content (AvgIpc) is 2.78. The Morgan fingerprint density at radius 3 is 2.82 bits per heavy atom. The molecule has 1 atom stereocenters. The van der Waals surface area contributed by atoms with E-state index in [1.54, 1.807) is 23.5 Å². The lowest BCUT2D eigenvalue weighted by atomic mass is 10.2. The second-order valence-corrected chi connectivity index (χ2v) is 5.11. The van der Waals surface area contributed by atoms with Crippen molar-refractivity contribution in [1.82, 2.24) is 5.32 Å². The number of hydrogen-bond donors (Lipinski definition) is 1. The second kappa shape index (κ2) is 5.43. The van der Waals surface area contributed by atoms with Crippen molar-refractivity contribution < 1.29 is 4.39 Å². The first-order valence-electron chi connectivity index (χ1n) is 5.79. The van der Waals surface area contributed by atoms with Gasteiger partial charge in [0.15, 0.2) is 0 Å². The van der Waals surface area contributed by atoms with Crippen LogP contribution in [0.25, 0.3) is 10.4 Å². The van der Waals surface area contributed by atoms with Crippen LogP contribution >= 0.6 is 11.3 Å². The lowest BCUT2D eigenvalue weighted by Crippen LogP contribution is -2.16. The SMILES string of the molecule is CCNC(C)c1ccc(-c2cccc(F)c2)s1. The Kier molecular flexibility index (Phi) is 3.92. The van der Waals surface area contributed by atoms with Crippen molar-refractivity contribution in [2.45, 2.75) is 19.9 Å². The monoisotopic (exact) mass is 249 g/mol. The molecule has 1 heterocycles. The van der Waals surface area contributed by atoms with Crippen molar-refractivity contribution in [3.05, 3.63) is 47.1 Å². The number of rotatable bonds is 4. The average molecular weight is 249 g/mol. The molecule has 0 aliphatic carbocycles. The van der Waals surface area contributed by atoms with Crippen LogP contribution in [0.15, 0.2) is 36.4 Å². The van der Waals surface area contributed by atoms with Crippen molar-refractivity contribution in [2.75, 3.05) is 6.54 Å². The maximum Gasteiger partial charge on any atom is 0.123 e. The number of halogens is 1. The third kappa shape index (κ3) is 2.93. The highest BCUT2D eigenvalue weighted by atomic mass is 32.1. The molecule has 1 unspecified atom stereocenters. The Labute approximate surface area is 105 Å². The second-order valence-electron chi connectivity index (χ2n) is 3.99. The van der Waals surface area contributed by atoms with Gasteiger partial charge in [-0.3, -0.25) is 0 Å². The zero-order valence-electron chi connectivity index (χ0n) is 10.0. The molecule has 0 fully saturated rings. The third-order valence-corrected chi connectivity index (χ3v) is 3.99. The normalized spacial score (nSPS) is 12.6. The highest BCUT2D eigenvalue weighted by Crippen LogP contribution is 2.31. The van der Waals surface area contributed by atoms with Crippen LogP contribution in [-0.2, 0) is 0 Å².